The molecule has 0 saturated heterocycles. The molecule has 30 heavy (non-hydrogen) atoms. The second-order valence-electron chi connectivity index (χ2n) is 6.30. The SMILES string of the molecule is COCc1nc(OC)c2c(C)c(C(=O)Nc3cccc(-c4noc(=O)[nH]4)c3)sc2n1. The van der Waals surface area contributed by atoms with Crippen LogP contribution < -0.4 is 15.8 Å². The highest BCUT2D eigenvalue weighted by Crippen LogP contribution is 2.35. The van der Waals surface area contributed by atoms with Gasteiger partial charge in [0.05, 0.1) is 17.4 Å². The number of thiophene rings is 1. The average Bonchev–Trinajstić information content (AvgIpc) is 3.31. The first-order chi connectivity index (χ1) is 14.5. The number of aromatic amines is 1. The zero-order valence-electron chi connectivity index (χ0n) is 16.3. The van der Waals surface area contributed by atoms with Crippen molar-refractivity contribution < 1.29 is 18.8 Å². The first-order valence-corrected chi connectivity index (χ1v) is 9.62. The molecule has 0 spiro atoms. The lowest BCUT2D eigenvalue weighted by Gasteiger charge is -2.06. The summed E-state index contributed by atoms with van der Waals surface area (Å²) in [7, 11) is 3.08. The van der Waals surface area contributed by atoms with Crippen LogP contribution in [0.5, 0.6) is 5.88 Å². The fourth-order valence-corrected chi connectivity index (χ4v) is 4.07. The monoisotopic (exact) mass is 427 g/mol. The number of fused-ring (bicyclic) bond motifs is 1. The van der Waals surface area contributed by atoms with Gasteiger partial charge in [-0.15, -0.1) is 11.3 Å². The Balaban J connectivity index is 1.67. The number of carbonyl (C=O) groups excluding carboxylic acids is 1. The third kappa shape index (κ3) is 3.67. The Labute approximate surface area is 173 Å². The van der Waals surface area contributed by atoms with E-state index in [1.807, 2.05) is 6.92 Å². The summed E-state index contributed by atoms with van der Waals surface area (Å²) in [6, 6.07) is 6.90. The topological polar surface area (TPSA) is 132 Å². The van der Waals surface area contributed by atoms with Crippen LogP contribution in [-0.2, 0) is 11.3 Å². The first-order valence-electron chi connectivity index (χ1n) is 8.81. The van der Waals surface area contributed by atoms with Gasteiger partial charge < -0.3 is 14.8 Å². The molecular formula is C19H17N5O5S. The Morgan fingerprint density at radius 1 is 1.30 bits per heavy atom. The number of ether oxygens (including phenoxy) is 2. The molecule has 11 heteroatoms. The van der Waals surface area contributed by atoms with E-state index in [1.54, 1.807) is 31.4 Å². The van der Waals surface area contributed by atoms with Crippen LogP contribution in [0, 0.1) is 6.92 Å². The fraction of sp³-hybridized carbons (Fsp3) is 0.211. The molecule has 4 rings (SSSR count). The second kappa shape index (κ2) is 8.05. The highest BCUT2D eigenvalue weighted by Gasteiger charge is 2.21. The summed E-state index contributed by atoms with van der Waals surface area (Å²) in [5.41, 5.74) is 1.87. The van der Waals surface area contributed by atoms with Crippen LogP contribution in [0.4, 0.5) is 5.69 Å². The van der Waals surface area contributed by atoms with Crippen molar-refractivity contribution >= 4 is 33.1 Å². The van der Waals surface area contributed by atoms with Crippen molar-refractivity contribution in [2.75, 3.05) is 19.5 Å². The first kappa shape index (κ1) is 19.7. The molecule has 4 aromatic rings. The minimum absolute atomic E-state index is 0.238. The summed E-state index contributed by atoms with van der Waals surface area (Å²) in [4.78, 5) is 36.6. The van der Waals surface area contributed by atoms with Gasteiger partial charge in [-0.2, -0.15) is 4.98 Å². The van der Waals surface area contributed by atoms with Gasteiger partial charge in [0.1, 0.15) is 11.4 Å². The maximum atomic E-state index is 13.0. The molecule has 0 aliphatic carbocycles. The van der Waals surface area contributed by atoms with Crippen molar-refractivity contribution in [1.82, 2.24) is 20.1 Å². The van der Waals surface area contributed by atoms with E-state index in [1.165, 1.54) is 18.4 Å². The number of nitrogens with zero attached hydrogens (tertiary/aromatic N) is 3. The van der Waals surface area contributed by atoms with Crippen molar-refractivity contribution in [3.05, 3.63) is 51.1 Å². The van der Waals surface area contributed by atoms with E-state index in [4.69, 9.17) is 9.47 Å². The van der Waals surface area contributed by atoms with Crippen LogP contribution in [0.2, 0.25) is 0 Å². The Morgan fingerprint density at radius 2 is 2.13 bits per heavy atom. The maximum Gasteiger partial charge on any atom is 0.439 e. The van der Waals surface area contributed by atoms with E-state index in [-0.39, 0.29) is 18.3 Å². The summed E-state index contributed by atoms with van der Waals surface area (Å²) in [5, 5.41) is 7.21. The van der Waals surface area contributed by atoms with Gasteiger partial charge in [-0.25, -0.2) is 9.78 Å². The van der Waals surface area contributed by atoms with Crippen molar-refractivity contribution in [3.63, 3.8) is 0 Å². The molecular weight excluding hydrogens is 410 g/mol. The molecule has 1 aromatic carbocycles. The van der Waals surface area contributed by atoms with Crippen LogP contribution in [0.3, 0.4) is 0 Å². The second-order valence-corrected chi connectivity index (χ2v) is 7.30. The largest absolute Gasteiger partial charge is 0.480 e. The van der Waals surface area contributed by atoms with Gasteiger partial charge in [0.2, 0.25) is 5.88 Å². The van der Waals surface area contributed by atoms with Crippen molar-refractivity contribution in [1.29, 1.82) is 0 Å². The standard InChI is InChI=1S/C19H17N5O5S/c1-9-13-17(28-3)21-12(8-27-2)22-18(13)30-14(9)16(25)20-11-6-4-5-10(7-11)15-23-19(26)29-24-15/h4-7H,8H2,1-3H3,(H,20,25)(H,23,24,26). The number of H-pyrrole nitrogens is 1. The van der Waals surface area contributed by atoms with Crippen LogP contribution in [0.1, 0.15) is 21.1 Å². The van der Waals surface area contributed by atoms with Gasteiger partial charge in [0.25, 0.3) is 5.91 Å². The zero-order valence-corrected chi connectivity index (χ0v) is 17.1. The number of rotatable bonds is 6. The third-order valence-electron chi connectivity index (χ3n) is 4.31. The predicted molar refractivity (Wildman–Crippen MR) is 110 cm³/mol. The fourth-order valence-electron chi connectivity index (χ4n) is 2.99. The summed E-state index contributed by atoms with van der Waals surface area (Å²) in [5.74, 6) is 0.209. The van der Waals surface area contributed by atoms with Crippen LogP contribution in [0.15, 0.2) is 33.6 Å². The number of hydrogen-bond acceptors (Lipinski definition) is 9. The van der Waals surface area contributed by atoms with Crippen molar-refractivity contribution in [2.24, 2.45) is 0 Å². The molecule has 0 aliphatic rings. The number of nitrogens with one attached hydrogen (secondary N) is 2. The van der Waals surface area contributed by atoms with Gasteiger partial charge in [-0.05, 0) is 24.6 Å². The van der Waals surface area contributed by atoms with Gasteiger partial charge in [-0.3, -0.25) is 14.3 Å². The van der Waals surface area contributed by atoms with Gasteiger partial charge in [0, 0.05) is 18.4 Å². The number of amides is 1. The smallest absolute Gasteiger partial charge is 0.439 e. The molecule has 0 atom stereocenters. The van der Waals surface area contributed by atoms with E-state index >= 15 is 0 Å². The van der Waals surface area contributed by atoms with Gasteiger partial charge >= 0.3 is 5.76 Å². The van der Waals surface area contributed by atoms with Crippen LogP contribution >= 0.6 is 11.3 Å². The Bertz CT molecular complexity index is 1290. The van der Waals surface area contributed by atoms with Crippen molar-refractivity contribution in [3.8, 4) is 17.3 Å². The van der Waals surface area contributed by atoms with Crippen LogP contribution in [-0.4, -0.2) is 40.2 Å². The molecule has 10 nitrogen and oxygen atoms in total. The van der Waals surface area contributed by atoms with E-state index in [2.05, 4.69) is 29.9 Å². The maximum absolute atomic E-state index is 13.0. The van der Waals surface area contributed by atoms with E-state index in [0.717, 1.165) is 5.56 Å². The lowest BCUT2D eigenvalue weighted by Crippen LogP contribution is -2.11. The Morgan fingerprint density at radius 3 is 2.83 bits per heavy atom. The molecule has 0 bridgehead atoms. The highest BCUT2D eigenvalue weighted by molar-refractivity contribution is 7.20. The minimum atomic E-state index is -0.650. The lowest BCUT2D eigenvalue weighted by atomic mass is 10.1. The summed E-state index contributed by atoms with van der Waals surface area (Å²) >= 11 is 1.25. The Kier molecular flexibility index (Phi) is 5.29. The number of benzene rings is 1. The number of methoxy groups -OCH3 is 2. The molecule has 3 heterocycles. The predicted octanol–water partition coefficient (Wildman–Crippen LogP) is 2.75. The van der Waals surface area contributed by atoms with Crippen molar-refractivity contribution in [2.45, 2.75) is 13.5 Å². The quantitative estimate of drug-likeness (QED) is 0.480. The normalized spacial score (nSPS) is 11.0. The van der Waals surface area contributed by atoms with Gasteiger partial charge in [-0.1, -0.05) is 17.3 Å². The number of carbonyl (C=O) groups is 1. The molecule has 3 aromatic heterocycles. The summed E-state index contributed by atoms with van der Waals surface area (Å²) < 4.78 is 15.0. The van der Waals surface area contributed by atoms with Crippen LogP contribution in [0.25, 0.3) is 21.6 Å². The molecule has 0 aliphatic heterocycles. The molecule has 2 N–H and O–H groups in total. The summed E-state index contributed by atoms with van der Waals surface area (Å²) in [6.07, 6.45) is 0. The van der Waals surface area contributed by atoms with Gasteiger partial charge in [0.15, 0.2) is 11.6 Å². The molecule has 0 unspecified atom stereocenters. The number of aromatic nitrogens is 4. The highest BCUT2D eigenvalue weighted by atomic mass is 32.1. The van der Waals surface area contributed by atoms with E-state index < -0.39 is 5.76 Å². The number of aryl methyl sites for hydroxylation is 1. The number of anilines is 1. The molecule has 154 valence electrons. The lowest BCUT2D eigenvalue weighted by molar-refractivity contribution is 0.103. The average molecular weight is 427 g/mol. The number of hydrogen-bond donors (Lipinski definition) is 2. The van der Waals surface area contributed by atoms with E-state index in [0.29, 0.717) is 38.0 Å². The molecule has 0 saturated carbocycles. The Hall–Kier alpha value is -3.57. The minimum Gasteiger partial charge on any atom is -0.480 e. The zero-order chi connectivity index (χ0) is 21.3. The third-order valence-corrected chi connectivity index (χ3v) is 5.49. The molecule has 0 radical (unpaired) electrons. The molecule has 0 fully saturated rings. The molecule has 1 amide bonds. The van der Waals surface area contributed by atoms with E-state index in [9.17, 15) is 9.59 Å². The summed E-state index contributed by atoms with van der Waals surface area (Å²) in [6.45, 7) is 2.06.